The Labute approximate surface area is 82.2 Å². The van der Waals surface area contributed by atoms with Crippen LogP contribution in [0.25, 0.3) is 0 Å². The fourth-order valence-electron chi connectivity index (χ4n) is 1.52. The predicted octanol–water partition coefficient (Wildman–Crippen LogP) is 0.448. The number of ether oxygens (including phenoxy) is 2. The molecule has 0 saturated heterocycles. The van der Waals surface area contributed by atoms with Gasteiger partial charge in [-0.15, -0.1) is 0 Å². The molecule has 2 rings (SSSR count). The summed E-state index contributed by atoms with van der Waals surface area (Å²) in [5.74, 6) is 1.37. The highest BCUT2D eigenvalue weighted by molar-refractivity contribution is 5.43. The van der Waals surface area contributed by atoms with E-state index in [0.717, 1.165) is 5.56 Å². The molecule has 0 fully saturated rings. The highest BCUT2D eigenvalue weighted by atomic mass is 16.5. The third-order valence-electron chi connectivity index (χ3n) is 2.38. The zero-order valence-corrected chi connectivity index (χ0v) is 7.93. The summed E-state index contributed by atoms with van der Waals surface area (Å²) < 4.78 is 10.4. The summed E-state index contributed by atoms with van der Waals surface area (Å²) in [5, 5.41) is 9.75. The van der Waals surface area contributed by atoms with Crippen LogP contribution in [0.3, 0.4) is 0 Å². The van der Waals surface area contributed by atoms with Gasteiger partial charge in [-0.1, -0.05) is 0 Å². The Morgan fingerprint density at radius 1 is 1.57 bits per heavy atom. The Hall–Kier alpha value is -1.26. The topological polar surface area (TPSA) is 64.7 Å². The monoisotopic (exact) mass is 195 g/mol. The second-order valence-electron chi connectivity index (χ2n) is 3.32. The minimum absolute atomic E-state index is 0.335. The van der Waals surface area contributed by atoms with Crippen molar-refractivity contribution in [1.82, 2.24) is 0 Å². The van der Waals surface area contributed by atoms with Crippen molar-refractivity contribution in [3.63, 3.8) is 0 Å². The van der Waals surface area contributed by atoms with Crippen molar-refractivity contribution in [2.24, 2.45) is 5.73 Å². The summed E-state index contributed by atoms with van der Waals surface area (Å²) in [4.78, 5) is 0. The highest BCUT2D eigenvalue weighted by Gasteiger charge is 2.26. The lowest BCUT2D eigenvalue weighted by atomic mass is 10.00. The van der Waals surface area contributed by atoms with Crippen molar-refractivity contribution in [1.29, 1.82) is 0 Å². The molecule has 0 spiro atoms. The number of hydrogen-bond acceptors (Lipinski definition) is 4. The maximum Gasteiger partial charge on any atom is 0.128 e. The summed E-state index contributed by atoms with van der Waals surface area (Å²) in [6, 6.07) is 4.96. The van der Waals surface area contributed by atoms with E-state index in [1.165, 1.54) is 0 Å². The lowest BCUT2D eigenvalue weighted by molar-refractivity contribution is 0.0913. The number of aliphatic hydroxyl groups excluding tert-OH is 1. The fraction of sp³-hybridized carbons (Fsp3) is 0.400. The first-order valence-corrected chi connectivity index (χ1v) is 4.46. The fourth-order valence-corrected chi connectivity index (χ4v) is 1.52. The largest absolute Gasteiger partial charge is 0.497 e. The van der Waals surface area contributed by atoms with Crippen molar-refractivity contribution in [2.45, 2.75) is 12.1 Å². The summed E-state index contributed by atoms with van der Waals surface area (Å²) >= 11 is 0. The van der Waals surface area contributed by atoms with Gasteiger partial charge in [0.05, 0.1) is 13.2 Å². The normalized spacial score (nSPS) is 25.1. The van der Waals surface area contributed by atoms with Gasteiger partial charge in [-0.05, 0) is 12.1 Å². The molecule has 1 aromatic carbocycles. The van der Waals surface area contributed by atoms with Crippen LogP contribution < -0.4 is 15.2 Å². The Balaban J connectivity index is 2.38. The van der Waals surface area contributed by atoms with E-state index in [-0.39, 0.29) is 6.04 Å². The number of hydrogen-bond donors (Lipinski definition) is 2. The van der Waals surface area contributed by atoms with E-state index in [0.29, 0.717) is 18.1 Å². The van der Waals surface area contributed by atoms with E-state index in [9.17, 15) is 5.11 Å². The van der Waals surface area contributed by atoms with Gasteiger partial charge in [0.25, 0.3) is 0 Å². The molecule has 14 heavy (non-hydrogen) atoms. The van der Waals surface area contributed by atoms with Crippen LogP contribution >= 0.6 is 0 Å². The number of nitrogens with two attached hydrogens (primary N) is 1. The average Bonchev–Trinajstić information content (AvgIpc) is 2.23. The first-order valence-electron chi connectivity index (χ1n) is 4.46. The molecule has 76 valence electrons. The van der Waals surface area contributed by atoms with Crippen molar-refractivity contribution in [3.05, 3.63) is 23.8 Å². The van der Waals surface area contributed by atoms with Crippen LogP contribution in [-0.2, 0) is 0 Å². The second-order valence-corrected chi connectivity index (χ2v) is 3.32. The molecule has 0 amide bonds. The molecule has 0 aromatic heterocycles. The number of fused-ring (bicyclic) bond motifs is 1. The molecule has 1 heterocycles. The van der Waals surface area contributed by atoms with Crippen LogP contribution in [0.1, 0.15) is 11.7 Å². The lowest BCUT2D eigenvalue weighted by Crippen LogP contribution is -2.38. The smallest absolute Gasteiger partial charge is 0.128 e. The van der Waals surface area contributed by atoms with Crippen LogP contribution in [0.5, 0.6) is 11.5 Å². The number of rotatable bonds is 1. The van der Waals surface area contributed by atoms with E-state index in [4.69, 9.17) is 15.2 Å². The Morgan fingerprint density at radius 2 is 2.36 bits per heavy atom. The van der Waals surface area contributed by atoms with Gasteiger partial charge in [0.1, 0.15) is 24.2 Å². The molecular formula is C10H13NO3. The molecule has 2 atom stereocenters. The third-order valence-corrected chi connectivity index (χ3v) is 2.38. The van der Waals surface area contributed by atoms with Gasteiger partial charge >= 0.3 is 0 Å². The molecule has 2 unspecified atom stereocenters. The summed E-state index contributed by atoms with van der Waals surface area (Å²) in [7, 11) is 1.59. The quantitative estimate of drug-likeness (QED) is 0.682. The molecular weight excluding hydrogens is 182 g/mol. The summed E-state index contributed by atoms with van der Waals surface area (Å²) in [5.41, 5.74) is 6.38. The van der Waals surface area contributed by atoms with Gasteiger partial charge in [0.2, 0.25) is 0 Å². The van der Waals surface area contributed by atoms with E-state index < -0.39 is 6.10 Å². The lowest BCUT2D eigenvalue weighted by Gasteiger charge is -2.27. The first kappa shape index (κ1) is 9.30. The molecule has 0 aliphatic carbocycles. The average molecular weight is 195 g/mol. The Morgan fingerprint density at radius 3 is 3.07 bits per heavy atom. The second kappa shape index (κ2) is 3.48. The van der Waals surface area contributed by atoms with Crippen LogP contribution in [0.4, 0.5) is 0 Å². The van der Waals surface area contributed by atoms with Gasteiger partial charge in [-0.25, -0.2) is 0 Å². The van der Waals surface area contributed by atoms with Gasteiger partial charge in [0, 0.05) is 11.6 Å². The van der Waals surface area contributed by atoms with E-state index >= 15 is 0 Å². The van der Waals surface area contributed by atoms with Crippen molar-refractivity contribution < 1.29 is 14.6 Å². The Bertz CT molecular complexity index is 340. The molecule has 4 nitrogen and oxygen atoms in total. The van der Waals surface area contributed by atoms with E-state index in [1.807, 2.05) is 0 Å². The minimum atomic E-state index is -0.648. The van der Waals surface area contributed by atoms with Gasteiger partial charge < -0.3 is 20.3 Å². The number of aliphatic hydroxyl groups is 1. The van der Waals surface area contributed by atoms with Gasteiger partial charge in [-0.3, -0.25) is 0 Å². The van der Waals surface area contributed by atoms with Crippen LogP contribution in [0.2, 0.25) is 0 Å². The van der Waals surface area contributed by atoms with E-state index in [1.54, 1.807) is 25.3 Å². The zero-order chi connectivity index (χ0) is 10.1. The van der Waals surface area contributed by atoms with Crippen molar-refractivity contribution in [2.75, 3.05) is 13.7 Å². The van der Waals surface area contributed by atoms with Gasteiger partial charge in [-0.2, -0.15) is 0 Å². The molecule has 0 bridgehead atoms. The first-order chi connectivity index (χ1) is 6.72. The highest BCUT2D eigenvalue weighted by Crippen LogP contribution is 2.34. The third kappa shape index (κ3) is 1.42. The molecule has 1 aromatic rings. The molecule has 4 heteroatoms. The van der Waals surface area contributed by atoms with Crippen LogP contribution in [0, 0.1) is 0 Å². The molecule has 1 aliphatic heterocycles. The number of benzene rings is 1. The summed E-state index contributed by atoms with van der Waals surface area (Å²) in [6.45, 7) is 0.335. The molecule has 0 saturated carbocycles. The minimum Gasteiger partial charge on any atom is -0.497 e. The maximum absolute atomic E-state index is 9.75. The molecule has 1 aliphatic rings. The zero-order valence-electron chi connectivity index (χ0n) is 7.93. The van der Waals surface area contributed by atoms with Crippen LogP contribution in [-0.4, -0.2) is 24.9 Å². The van der Waals surface area contributed by atoms with Crippen molar-refractivity contribution >= 4 is 0 Å². The standard InChI is InChI=1S/C10H13NO3/c1-13-6-2-3-7-9(4-6)14-5-8(11)10(7)12/h2-4,8,10,12H,5,11H2,1H3. The van der Waals surface area contributed by atoms with Crippen LogP contribution in [0.15, 0.2) is 18.2 Å². The summed E-state index contributed by atoms with van der Waals surface area (Å²) in [6.07, 6.45) is -0.648. The Kier molecular flexibility index (Phi) is 2.31. The SMILES string of the molecule is COc1ccc2c(c1)OCC(N)C2O. The van der Waals surface area contributed by atoms with E-state index in [2.05, 4.69) is 0 Å². The number of methoxy groups -OCH3 is 1. The van der Waals surface area contributed by atoms with Crippen molar-refractivity contribution in [3.8, 4) is 11.5 Å². The maximum atomic E-state index is 9.75. The molecule has 0 radical (unpaired) electrons. The molecule has 3 N–H and O–H groups in total. The van der Waals surface area contributed by atoms with Gasteiger partial charge in [0.15, 0.2) is 0 Å². The predicted molar refractivity (Wildman–Crippen MR) is 51.4 cm³/mol.